The van der Waals surface area contributed by atoms with Crippen molar-refractivity contribution in [3.8, 4) is 17.2 Å². The summed E-state index contributed by atoms with van der Waals surface area (Å²) in [5.74, 6) is 2.15. The maximum absolute atomic E-state index is 11.5. The molecule has 6 heteroatoms. The molecule has 1 N–H and O–H groups in total. The Kier molecular flexibility index (Phi) is 3.40. The summed E-state index contributed by atoms with van der Waals surface area (Å²) in [7, 11) is 1.61. The highest BCUT2D eigenvalue weighted by molar-refractivity contribution is 5.82. The quantitative estimate of drug-likeness (QED) is 0.882. The van der Waals surface area contributed by atoms with Crippen molar-refractivity contribution in [2.75, 3.05) is 38.4 Å². The van der Waals surface area contributed by atoms with E-state index in [-0.39, 0.29) is 18.6 Å². The summed E-state index contributed by atoms with van der Waals surface area (Å²) in [6, 6.07) is 3.74. The lowest BCUT2D eigenvalue weighted by molar-refractivity contribution is -0.118. The number of nitrogens with one attached hydrogen (secondary N) is 1. The number of piperazine rings is 1. The number of carbonyl (C=O) groups excluding carboxylic acids is 1. The Morgan fingerprint density at radius 2 is 2.30 bits per heavy atom. The van der Waals surface area contributed by atoms with E-state index in [9.17, 15) is 4.79 Å². The van der Waals surface area contributed by atoms with Crippen molar-refractivity contribution in [2.24, 2.45) is 0 Å². The molecule has 20 heavy (non-hydrogen) atoms. The zero-order valence-corrected chi connectivity index (χ0v) is 11.6. The van der Waals surface area contributed by atoms with Crippen molar-refractivity contribution in [1.29, 1.82) is 0 Å². The van der Waals surface area contributed by atoms with E-state index in [1.807, 2.05) is 12.1 Å². The molecular formula is C14H18N2O4. The standard InChI is InChI=1S/C14H18N2O4/c1-9(17)11-7-16(4-3-15-11)10-5-12(18-2)14-13(6-10)19-8-20-14/h5-6,11,15H,3-4,7-8H2,1-2H3. The van der Waals surface area contributed by atoms with Crippen LogP contribution in [-0.4, -0.2) is 45.4 Å². The fourth-order valence-electron chi connectivity index (χ4n) is 2.56. The van der Waals surface area contributed by atoms with E-state index in [1.54, 1.807) is 14.0 Å². The maximum Gasteiger partial charge on any atom is 0.231 e. The predicted molar refractivity (Wildman–Crippen MR) is 73.8 cm³/mol. The molecule has 0 bridgehead atoms. The Balaban J connectivity index is 1.88. The topological polar surface area (TPSA) is 60.0 Å². The molecule has 1 saturated heterocycles. The summed E-state index contributed by atoms with van der Waals surface area (Å²) in [6.07, 6.45) is 0. The van der Waals surface area contributed by atoms with Crippen LogP contribution in [0.15, 0.2) is 12.1 Å². The number of rotatable bonds is 3. The van der Waals surface area contributed by atoms with Crippen LogP contribution in [0.1, 0.15) is 6.92 Å². The molecule has 108 valence electrons. The number of hydrogen-bond acceptors (Lipinski definition) is 6. The highest BCUT2D eigenvalue weighted by Crippen LogP contribution is 2.44. The first-order chi connectivity index (χ1) is 9.69. The van der Waals surface area contributed by atoms with Crippen LogP contribution in [0.3, 0.4) is 0 Å². The first-order valence-electron chi connectivity index (χ1n) is 6.65. The molecule has 1 atom stereocenters. The maximum atomic E-state index is 11.5. The van der Waals surface area contributed by atoms with Gasteiger partial charge in [-0.1, -0.05) is 0 Å². The van der Waals surface area contributed by atoms with Gasteiger partial charge in [-0.3, -0.25) is 4.79 Å². The number of ether oxygens (including phenoxy) is 3. The normalized spacial score (nSPS) is 20.9. The summed E-state index contributed by atoms with van der Waals surface area (Å²) in [4.78, 5) is 13.7. The molecule has 2 aliphatic rings. The third kappa shape index (κ3) is 2.27. The monoisotopic (exact) mass is 278 g/mol. The van der Waals surface area contributed by atoms with Gasteiger partial charge in [-0.15, -0.1) is 0 Å². The number of methoxy groups -OCH3 is 1. The number of Topliss-reactive ketones (excluding diaryl/α,β-unsaturated/α-hetero) is 1. The van der Waals surface area contributed by atoms with Crippen molar-refractivity contribution in [1.82, 2.24) is 5.32 Å². The Morgan fingerprint density at radius 1 is 1.45 bits per heavy atom. The SMILES string of the molecule is COc1cc(N2CCNC(C(C)=O)C2)cc2c1OCO2. The Morgan fingerprint density at radius 3 is 3.05 bits per heavy atom. The number of anilines is 1. The lowest BCUT2D eigenvalue weighted by atomic mass is 10.1. The van der Waals surface area contributed by atoms with Crippen molar-refractivity contribution >= 4 is 11.5 Å². The van der Waals surface area contributed by atoms with E-state index < -0.39 is 0 Å². The van der Waals surface area contributed by atoms with Crippen LogP contribution in [0.5, 0.6) is 17.2 Å². The van der Waals surface area contributed by atoms with Gasteiger partial charge >= 0.3 is 0 Å². The van der Waals surface area contributed by atoms with Crippen molar-refractivity contribution in [2.45, 2.75) is 13.0 Å². The molecule has 2 aliphatic heterocycles. The molecule has 0 saturated carbocycles. The van der Waals surface area contributed by atoms with Crippen molar-refractivity contribution < 1.29 is 19.0 Å². The second-order valence-electron chi connectivity index (χ2n) is 4.95. The van der Waals surface area contributed by atoms with Crippen LogP contribution in [0.4, 0.5) is 5.69 Å². The van der Waals surface area contributed by atoms with Gasteiger partial charge in [0, 0.05) is 37.5 Å². The molecule has 0 spiro atoms. The summed E-state index contributed by atoms with van der Waals surface area (Å²) in [5, 5.41) is 3.22. The van der Waals surface area contributed by atoms with Crippen LogP contribution < -0.4 is 24.4 Å². The Labute approximate surface area is 117 Å². The summed E-state index contributed by atoms with van der Waals surface area (Å²) in [5.41, 5.74) is 0.985. The number of nitrogens with zero attached hydrogens (tertiary/aromatic N) is 1. The molecule has 0 aromatic heterocycles. The minimum atomic E-state index is -0.125. The van der Waals surface area contributed by atoms with Crippen LogP contribution in [-0.2, 0) is 4.79 Å². The fraction of sp³-hybridized carbons (Fsp3) is 0.500. The van der Waals surface area contributed by atoms with Crippen LogP contribution in [0.25, 0.3) is 0 Å². The summed E-state index contributed by atoms with van der Waals surface area (Å²) >= 11 is 0. The van der Waals surface area contributed by atoms with Gasteiger partial charge < -0.3 is 24.4 Å². The molecule has 1 unspecified atom stereocenters. The molecule has 1 aromatic rings. The highest BCUT2D eigenvalue weighted by Gasteiger charge is 2.26. The van der Waals surface area contributed by atoms with Crippen LogP contribution in [0.2, 0.25) is 0 Å². The first kappa shape index (κ1) is 13.1. The van der Waals surface area contributed by atoms with Crippen LogP contribution >= 0.6 is 0 Å². The second-order valence-corrected chi connectivity index (χ2v) is 4.95. The second kappa shape index (κ2) is 5.20. The largest absolute Gasteiger partial charge is 0.493 e. The van der Waals surface area contributed by atoms with Gasteiger partial charge in [-0.2, -0.15) is 0 Å². The zero-order chi connectivity index (χ0) is 14.1. The Bertz CT molecular complexity index is 532. The number of hydrogen-bond donors (Lipinski definition) is 1. The van der Waals surface area contributed by atoms with Gasteiger partial charge in [-0.05, 0) is 6.92 Å². The van der Waals surface area contributed by atoms with E-state index in [0.29, 0.717) is 23.8 Å². The molecule has 6 nitrogen and oxygen atoms in total. The van der Waals surface area contributed by atoms with E-state index in [2.05, 4.69) is 10.2 Å². The number of carbonyl (C=O) groups is 1. The van der Waals surface area contributed by atoms with Gasteiger partial charge in [0.2, 0.25) is 12.5 Å². The molecular weight excluding hydrogens is 260 g/mol. The van der Waals surface area contributed by atoms with E-state index in [0.717, 1.165) is 18.8 Å². The number of ketones is 1. The predicted octanol–water partition coefficient (Wildman–Crippen LogP) is 0.791. The fourth-order valence-corrected chi connectivity index (χ4v) is 2.56. The molecule has 3 rings (SSSR count). The molecule has 0 amide bonds. The third-order valence-electron chi connectivity index (χ3n) is 3.67. The minimum absolute atomic E-state index is 0.125. The van der Waals surface area contributed by atoms with E-state index in [1.165, 1.54) is 0 Å². The smallest absolute Gasteiger partial charge is 0.231 e. The average Bonchev–Trinajstić information content (AvgIpc) is 2.94. The highest BCUT2D eigenvalue weighted by atomic mass is 16.7. The van der Waals surface area contributed by atoms with Crippen molar-refractivity contribution in [3.05, 3.63) is 12.1 Å². The molecule has 0 aliphatic carbocycles. The lowest BCUT2D eigenvalue weighted by Crippen LogP contribution is -2.53. The Hall–Kier alpha value is -1.95. The first-order valence-corrected chi connectivity index (χ1v) is 6.65. The minimum Gasteiger partial charge on any atom is -0.493 e. The van der Waals surface area contributed by atoms with Gasteiger partial charge in [0.15, 0.2) is 11.5 Å². The molecule has 1 fully saturated rings. The van der Waals surface area contributed by atoms with Gasteiger partial charge in [0.1, 0.15) is 5.78 Å². The lowest BCUT2D eigenvalue weighted by Gasteiger charge is -2.34. The molecule has 1 aromatic carbocycles. The molecule has 2 heterocycles. The average molecular weight is 278 g/mol. The van der Waals surface area contributed by atoms with Crippen molar-refractivity contribution in [3.63, 3.8) is 0 Å². The van der Waals surface area contributed by atoms with Gasteiger partial charge in [-0.25, -0.2) is 0 Å². The number of fused-ring (bicyclic) bond motifs is 1. The third-order valence-corrected chi connectivity index (χ3v) is 3.67. The van der Waals surface area contributed by atoms with Gasteiger partial charge in [0.25, 0.3) is 0 Å². The van der Waals surface area contributed by atoms with E-state index >= 15 is 0 Å². The van der Waals surface area contributed by atoms with Gasteiger partial charge in [0.05, 0.1) is 13.2 Å². The van der Waals surface area contributed by atoms with E-state index in [4.69, 9.17) is 14.2 Å². The number of benzene rings is 1. The zero-order valence-electron chi connectivity index (χ0n) is 11.6. The summed E-state index contributed by atoms with van der Waals surface area (Å²) < 4.78 is 16.2. The summed E-state index contributed by atoms with van der Waals surface area (Å²) in [6.45, 7) is 4.10. The molecule has 0 radical (unpaired) electrons. The van der Waals surface area contributed by atoms with Crippen LogP contribution in [0, 0.1) is 0 Å².